The van der Waals surface area contributed by atoms with E-state index in [2.05, 4.69) is 36.6 Å². The molecule has 5 fully saturated rings. The van der Waals surface area contributed by atoms with Crippen molar-refractivity contribution in [2.75, 3.05) is 40.4 Å². The maximum absolute atomic E-state index is 15.2. The lowest BCUT2D eigenvalue weighted by Gasteiger charge is -2.38. The summed E-state index contributed by atoms with van der Waals surface area (Å²) in [6.07, 6.45) is 10.3. The van der Waals surface area contributed by atoms with Crippen LogP contribution in [0.2, 0.25) is 0 Å². The third-order valence-electron chi connectivity index (χ3n) is 15.5. The predicted molar refractivity (Wildman–Crippen MR) is 257 cm³/mol. The summed E-state index contributed by atoms with van der Waals surface area (Å²) in [5.74, 6) is -2.91. The van der Waals surface area contributed by atoms with Gasteiger partial charge in [0.2, 0.25) is 35.4 Å². The van der Waals surface area contributed by atoms with E-state index in [4.69, 9.17) is 4.74 Å². The minimum atomic E-state index is -1.42. The third-order valence-corrected chi connectivity index (χ3v) is 15.5. The van der Waals surface area contributed by atoms with Gasteiger partial charge in [-0.05, 0) is 80.5 Å². The van der Waals surface area contributed by atoms with E-state index in [0.29, 0.717) is 64.5 Å². The minimum absolute atomic E-state index is 0.00571. The molecule has 7 N–H and O–H groups in total. The highest BCUT2D eigenvalue weighted by molar-refractivity contribution is 6.00. The SMILES string of the molecule is COCCN(C)C(=O)NCC[C@@H]1NC(=O)[C@H](Cc2c[nH]c3ccccc23)NC(=O)C2(CCCC2)NC(=O)[C@H](Cc2c[nH]c3ccccc23)NC(=O)[C@@H]2C[C@@H]3CCCC[C@@H]3N2C(=O)[C@H]2CCCN2C1=O. The number of nitrogens with zero attached hydrogens (tertiary/aromatic N) is 3. The average Bonchev–Trinajstić information content (AvgIpc) is 4.23. The Kier molecular flexibility index (Phi) is 14.3. The molecule has 2 aliphatic carbocycles. The molecule has 5 heterocycles. The lowest BCUT2D eigenvalue weighted by Crippen LogP contribution is -2.65. The second kappa shape index (κ2) is 20.7. The lowest BCUT2D eigenvalue weighted by atomic mass is 9.84. The number of methoxy groups -OCH3 is 1. The number of urea groups is 1. The summed E-state index contributed by atoms with van der Waals surface area (Å²) in [6.45, 7) is 0.911. The maximum Gasteiger partial charge on any atom is 0.317 e. The molecule has 2 aromatic heterocycles. The largest absolute Gasteiger partial charge is 0.383 e. The first-order valence-electron chi connectivity index (χ1n) is 24.9. The van der Waals surface area contributed by atoms with Gasteiger partial charge in [0.05, 0.1) is 6.61 Å². The van der Waals surface area contributed by atoms with Gasteiger partial charge in [0.25, 0.3) is 0 Å². The summed E-state index contributed by atoms with van der Waals surface area (Å²) in [4.78, 5) is 115. The number of H-pyrrole nitrogens is 2. The van der Waals surface area contributed by atoms with Crippen molar-refractivity contribution in [3.05, 3.63) is 72.1 Å². The first kappa shape index (κ1) is 47.6. The summed E-state index contributed by atoms with van der Waals surface area (Å²) in [7, 11) is 3.17. The predicted octanol–water partition coefficient (Wildman–Crippen LogP) is 3.16. The van der Waals surface area contributed by atoms with Crippen molar-refractivity contribution in [1.82, 2.24) is 51.3 Å². The van der Waals surface area contributed by atoms with Gasteiger partial charge in [0, 0.05) is 86.9 Å². The molecule has 3 aliphatic heterocycles. The fourth-order valence-corrected chi connectivity index (χ4v) is 11.7. The van der Waals surface area contributed by atoms with Crippen LogP contribution < -0.4 is 26.6 Å². The molecule has 2 saturated carbocycles. The van der Waals surface area contributed by atoms with E-state index < -0.39 is 71.3 Å². The Morgan fingerprint density at radius 2 is 1.38 bits per heavy atom. The number of aromatic nitrogens is 2. The normalized spacial score (nSPS) is 26.7. The number of amides is 8. The number of rotatable bonds is 10. The zero-order valence-electron chi connectivity index (χ0n) is 39.7. The Hall–Kier alpha value is -6.43. The number of ether oxygens (including phenoxy) is 1. The van der Waals surface area contributed by atoms with E-state index in [-0.39, 0.29) is 50.2 Å². The van der Waals surface area contributed by atoms with Gasteiger partial charge in [-0.25, -0.2) is 4.79 Å². The number of nitrogens with one attached hydrogen (secondary N) is 7. The zero-order chi connectivity index (χ0) is 48.2. The molecule has 3 saturated heterocycles. The molecule has 7 atom stereocenters. The molecule has 8 amide bonds. The van der Waals surface area contributed by atoms with Crippen molar-refractivity contribution in [2.45, 2.75) is 132 Å². The Labute approximate surface area is 401 Å². The molecule has 1 spiro atoms. The van der Waals surface area contributed by atoms with E-state index in [1.54, 1.807) is 25.3 Å². The molecular weight excluding hydrogens is 881 g/mol. The van der Waals surface area contributed by atoms with Gasteiger partial charge >= 0.3 is 6.03 Å². The average molecular weight is 947 g/mol. The fraction of sp³-hybridized carbons (Fsp3) is 0.549. The molecule has 0 radical (unpaired) electrons. The molecular formula is C51H66N10O8. The van der Waals surface area contributed by atoms with Gasteiger partial charge < -0.3 is 56.0 Å². The molecule has 18 nitrogen and oxygen atoms in total. The zero-order valence-corrected chi connectivity index (χ0v) is 39.7. The van der Waals surface area contributed by atoms with Gasteiger partial charge in [-0.3, -0.25) is 28.8 Å². The van der Waals surface area contributed by atoms with Crippen molar-refractivity contribution in [1.29, 1.82) is 0 Å². The molecule has 2 aromatic carbocycles. The number of benzene rings is 2. The summed E-state index contributed by atoms with van der Waals surface area (Å²) in [6, 6.07) is 9.37. The van der Waals surface area contributed by atoms with Crippen LogP contribution >= 0.6 is 0 Å². The summed E-state index contributed by atoms with van der Waals surface area (Å²) >= 11 is 0. The van der Waals surface area contributed by atoms with Gasteiger partial charge in [-0.2, -0.15) is 0 Å². The first-order chi connectivity index (χ1) is 33.4. The topological polar surface area (TPSA) is 230 Å². The molecule has 18 heteroatoms. The van der Waals surface area contributed by atoms with Gasteiger partial charge in [-0.15, -0.1) is 0 Å². The van der Waals surface area contributed by atoms with Crippen molar-refractivity contribution in [3.63, 3.8) is 0 Å². The van der Waals surface area contributed by atoms with E-state index in [1.165, 1.54) is 9.80 Å². The smallest absolute Gasteiger partial charge is 0.317 e. The van der Waals surface area contributed by atoms with Crippen molar-refractivity contribution in [2.24, 2.45) is 5.92 Å². The van der Waals surface area contributed by atoms with Gasteiger partial charge in [-0.1, -0.05) is 62.1 Å². The number of carbonyl (C=O) groups is 7. The summed E-state index contributed by atoms with van der Waals surface area (Å²) in [5, 5.41) is 16.8. The van der Waals surface area contributed by atoms with Crippen LogP contribution in [0.15, 0.2) is 60.9 Å². The molecule has 4 aromatic rings. The standard InChI is InChI=1S/C51H66N10O8/c1-59(24-25-69-2)50(68)52-22-19-38-47(65)60-23-11-18-42(60)48(66)61-41-17-8-3-12-31(41)28-43(61)46(64)56-40(27-33-30-54-37-16-7-5-14-35(33)37)45(63)58-51(20-9-10-21-51)49(67)57-39(44(62)55-38)26-32-29-53-36-15-6-4-13-34(32)36/h4-7,13-16,29-31,38-43,53-54H,3,8-12,17-28H2,1-2H3,(H,52,68)(H,55,62)(H,56,64)(H,57,67)(H,58,63)/t31-,38-,39-,40-,41-,42+,43-/m0/s1. The lowest BCUT2D eigenvalue weighted by molar-refractivity contribution is -0.150. The summed E-state index contributed by atoms with van der Waals surface area (Å²) in [5.41, 5.74) is 1.83. The van der Waals surface area contributed by atoms with Crippen LogP contribution in [0, 0.1) is 5.92 Å². The molecule has 5 aliphatic rings. The quantitative estimate of drug-likeness (QED) is 0.125. The van der Waals surface area contributed by atoms with Gasteiger partial charge in [0.15, 0.2) is 0 Å². The number of fused-ring (bicyclic) bond motifs is 6. The number of aromatic amines is 2. The van der Waals surface area contributed by atoms with Crippen LogP contribution in [0.5, 0.6) is 0 Å². The maximum atomic E-state index is 15.2. The first-order valence-corrected chi connectivity index (χ1v) is 24.9. The van der Waals surface area contributed by atoms with Crippen molar-refractivity contribution >= 4 is 63.3 Å². The number of hydrogen-bond acceptors (Lipinski definition) is 8. The molecule has 0 unspecified atom stereocenters. The molecule has 0 bridgehead atoms. The Bertz CT molecular complexity index is 2570. The van der Waals surface area contributed by atoms with Crippen molar-refractivity contribution < 1.29 is 38.3 Å². The highest BCUT2D eigenvalue weighted by Gasteiger charge is 2.52. The van der Waals surface area contributed by atoms with Crippen LogP contribution in [0.1, 0.15) is 88.2 Å². The van der Waals surface area contributed by atoms with E-state index in [1.807, 2.05) is 54.7 Å². The monoisotopic (exact) mass is 947 g/mol. The molecule has 69 heavy (non-hydrogen) atoms. The van der Waals surface area contributed by atoms with Crippen LogP contribution in [0.3, 0.4) is 0 Å². The molecule has 9 rings (SSSR count). The highest BCUT2D eigenvalue weighted by Crippen LogP contribution is 2.41. The van der Waals surface area contributed by atoms with Crippen LogP contribution in [-0.2, 0) is 46.3 Å². The number of carbonyl (C=O) groups excluding carboxylic acids is 7. The second-order valence-electron chi connectivity index (χ2n) is 19.8. The van der Waals surface area contributed by atoms with Crippen molar-refractivity contribution in [3.8, 4) is 0 Å². The van der Waals surface area contributed by atoms with E-state index >= 15 is 14.4 Å². The Morgan fingerprint density at radius 3 is 2.06 bits per heavy atom. The van der Waals surface area contributed by atoms with E-state index in [0.717, 1.165) is 52.2 Å². The summed E-state index contributed by atoms with van der Waals surface area (Å²) < 4.78 is 5.13. The number of hydrogen-bond donors (Lipinski definition) is 7. The van der Waals surface area contributed by atoms with Crippen LogP contribution in [0.25, 0.3) is 21.8 Å². The number of para-hydroxylation sites is 2. The second-order valence-corrected chi connectivity index (χ2v) is 19.8. The van der Waals surface area contributed by atoms with Crippen LogP contribution in [0.4, 0.5) is 4.79 Å². The Morgan fingerprint density at radius 1 is 0.739 bits per heavy atom. The van der Waals surface area contributed by atoms with Gasteiger partial charge in [0.1, 0.15) is 35.7 Å². The number of likely N-dealkylation sites (N-methyl/N-ethyl adjacent to an activating group) is 1. The highest BCUT2D eigenvalue weighted by atomic mass is 16.5. The molecule has 368 valence electrons. The third kappa shape index (κ3) is 9.90. The fourth-order valence-electron chi connectivity index (χ4n) is 11.7. The Balaban J connectivity index is 1.10. The van der Waals surface area contributed by atoms with E-state index in [9.17, 15) is 19.2 Å². The minimum Gasteiger partial charge on any atom is -0.383 e. The van der Waals surface area contributed by atoms with Crippen LogP contribution in [-0.4, -0.2) is 148 Å².